The van der Waals surface area contributed by atoms with E-state index >= 15 is 0 Å². The molecule has 1 aliphatic rings. The Morgan fingerprint density at radius 1 is 1.11 bits per heavy atom. The number of carboxylic acid groups (broad SMARTS) is 1. The van der Waals surface area contributed by atoms with E-state index in [0.29, 0.717) is 25.1 Å². The van der Waals surface area contributed by atoms with Gasteiger partial charge in [-0.2, -0.15) is 5.10 Å². The number of hydrogen-bond acceptors (Lipinski definition) is 4. The van der Waals surface area contributed by atoms with Gasteiger partial charge >= 0.3 is 5.97 Å². The van der Waals surface area contributed by atoms with Gasteiger partial charge in [0.2, 0.25) is 0 Å². The Kier molecular flexibility index (Phi) is 6.42. The standard InChI is InChI=1S/C22H25N3O3/c1-17-13-15-25(23-17)20-11-9-19(10-12-20)22(28)24(14-5-8-21(26)27)16-18-6-3-2-4-7-18/h2-4,6-7,9-12H,5,8,13-16H2,1H3,(H,26,27). The third-order valence-corrected chi connectivity index (χ3v) is 4.71. The Balaban J connectivity index is 1.72. The first-order valence-corrected chi connectivity index (χ1v) is 9.49. The fraction of sp³-hybridized carbons (Fsp3) is 0.318. The summed E-state index contributed by atoms with van der Waals surface area (Å²) in [6.45, 7) is 3.72. The molecule has 0 bridgehead atoms. The molecule has 0 fully saturated rings. The normalized spacial score (nSPS) is 13.3. The molecule has 0 spiro atoms. The number of hydrogen-bond donors (Lipinski definition) is 1. The van der Waals surface area contributed by atoms with Crippen LogP contribution >= 0.6 is 0 Å². The summed E-state index contributed by atoms with van der Waals surface area (Å²) in [5.74, 6) is -0.945. The molecule has 0 saturated carbocycles. The van der Waals surface area contributed by atoms with E-state index in [1.807, 2.05) is 66.5 Å². The van der Waals surface area contributed by atoms with Gasteiger partial charge in [0.15, 0.2) is 0 Å². The average Bonchev–Trinajstić information content (AvgIpc) is 3.14. The van der Waals surface area contributed by atoms with Crippen molar-refractivity contribution in [1.29, 1.82) is 0 Å². The zero-order valence-corrected chi connectivity index (χ0v) is 16.0. The van der Waals surface area contributed by atoms with Crippen LogP contribution < -0.4 is 5.01 Å². The van der Waals surface area contributed by atoms with Crippen LogP contribution in [0, 0.1) is 0 Å². The molecule has 0 radical (unpaired) electrons. The second-order valence-electron chi connectivity index (χ2n) is 6.96. The Morgan fingerprint density at radius 3 is 2.43 bits per heavy atom. The van der Waals surface area contributed by atoms with E-state index in [4.69, 9.17) is 5.11 Å². The Morgan fingerprint density at radius 2 is 1.82 bits per heavy atom. The third kappa shape index (κ3) is 5.19. The van der Waals surface area contributed by atoms with Gasteiger partial charge in [0.1, 0.15) is 0 Å². The summed E-state index contributed by atoms with van der Waals surface area (Å²) in [5, 5.41) is 15.3. The van der Waals surface area contributed by atoms with Crippen molar-refractivity contribution in [2.75, 3.05) is 18.1 Å². The molecule has 0 unspecified atom stereocenters. The zero-order valence-electron chi connectivity index (χ0n) is 16.0. The van der Waals surface area contributed by atoms with Gasteiger partial charge in [-0.1, -0.05) is 30.3 Å². The average molecular weight is 379 g/mol. The van der Waals surface area contributed by atoms with Crippen molar-refractivity contribution in [2.24, 2.45) is 5.10 Å². The summed E-state index contributed by atoms with van der Waals surface area (Å²) in [6, 6.07) is 17.2. The predicted molar refractivity (Wildman–Crippen MR) is 110 cm³/mol. The van der Waals surface area contributed by atoms with Crippen LogP contribution in [0.3, 0.4) is 0 Å². The summed E-state index contributed by atoms with van der Waals surface area (Å²) >= 11 is 0. The van der Waals surface area contributed by atoms with Crippen LogP contribution in [0.25, 0.3) is 0 Å². The van der Waals surface area contributed by atoms with Gasteiger partial charge < -0.3 is 10.0 Å². The first-order valence-electron chi connectivity index (χ1n) is 9.49. The second-order valence-corrected chi connectivity index (χ2v) is 6.96. The van der Waals surface area contributed by atoms with E-state index in [2.05, 4.69) is 5.10 Å². The maximum absolute atomic E-state index is 13.0. The number of rotatable bonds is 8. The molecule has 3 rings (SSSR count). The lowest BCUT2D eigenvalue weighted by Crippen LogP contribution is -2.31. The summed E-state index contributed by atoms with van der Waals surface area (Å²) in [4.78, 5) is 25.6. The van der Waals surface area contributed by atoms with Crippen LogP contribution in [0.4, 0.5) is 5.69 Å². The quantitative estimate of drug-likeness (QED) is 0.758. The second kappa shape index (κ2) is 9.17. The van der Waals surface area contributed by atoms with Crippen molar-refractivity contribution in [3.05, 3.63) is 65.7 Å². The monoisotopic (exact) mass is 379 g/mol. The number of carbonyl (C=O) groups is 2. The van der Waals surface area contributed by atoms with E-state index in [1.54, 1.807) is 4.90 Å². The molecule has 0 saturated heterocycles. The summed E-state index contributed by atoms with van der Waals surface area (Å²) in [5.41, 5.74) is 3.68. The highest BCUT2D eigenvalue weighted by Crippen LogP contribution is 2.21. The molecule has 2 aromatic rings. The van der Waals surface area contributed by atoms with Crippen LogP contribution in [-0.4, -0.2) is 40.7 Å². The Labute approximate surface area is 165 Å². The number of benzene rings is 2. The lowest BCUT2D eigenvalue weighted by molar-refractivity contribution is -0.137. The van der Waals surface area contributed by atoms with Crippen LogP contribution in [-0.2, 0) is 11.3 Å². The molecule has 0 aromatic heterocycles. The van der Waals surface area contributed by atoms with E-state index in [9.17, 15) is 9.59 Å². The maximum atomic E-state index is 13.0. The topological polar surface area (TPSA) is 73.2 Å². The van der Waals surface area contributed by atoms with Crippen LogP contribution in [0.5, 0.6) is 0 Å². The van der Waals surface area contributed by atoms with Crippen molar-refractivity contribution in [3.8, 4) is 0 Å². The number of carboxylic acids is 1. The molecule has 146 valence electrons. The first-order chi connectivity index (χ1) is 13.5. The van der Waals surface area contributed by atoms with Gasteiger partial charge in [0.25, 0.3) is 5.91 Å². The molecule has 6 nitrogen and oxygen atoms in total. The molecule has 1 heterocycles. The Hall–Kier alpha value is -3.15. The number of amides is 1. The number of carbonyl (C=O) groups excluding carboxylic acids is 1. The van der Waals surface area contributed by atoms with Crippen molar-refractivity contribution in [2.45, 2.75) is 32.7 Å². The van der Waals surface area contributed by atoms with Gasteiger partial charge in [0, 0.05) is 43.8 Å². The SMILES string of the molecule is CC1=NN(c2ccc(C(=O)N(CCCC(=O)O)Cc3ccccc3)cc2)CC1. The molecular weight excluding hydrogens is 354 g/mol. The lowest BCUT2D eigenvalue weighted by Gasteiger charge is -2.23. The number of aliphatic carboxylic acids is 1. The number of nitrogens with zero attached hydrogens (tertiary/aromatic N) is 3. The molecule has 2 aromatic carbocycles. The minimum Gasteiger partial charge on any atom is -0.481 e. The fourth-order valence-corrected chi connectivity index (χ4v) is 3.20. The smallest absolute Gasteiger partial charge is 0.303 e. The van der Waals surface area contributed by atoms with E-state index in [0.717, 1.165) is 29.9 Å². The van der Waals surface area contributed by atoms with Gasteiger partial charge in [-0.25, -0.2) is 0 Å². The fourth-order valence-electron chi connectivity index (χ4n) is 3.20. The molecule has 1 amide bonds. The molecular formula is C22H25N3O3. The van der Waals surface area contributed by atoms with Gasteiger partial charge in [-0.05, 0) is 43.2 Å². The highest BCUT2D eigenvalue weighted by atomic mass is 16.4. The molecule has 0 atom stereocenters. The van der Waals surface area contributed by atoms with Crippen molar-refractivity contribution < 1.29 is 14.7 Å². The minimum absolute atomic E-state index is 0.0455. The van der Waals surface area contributed by atoms with Gasteiger partial charge in [-0.15, -0.1) is 0 Å². The lowest BCUT2D eigenvalue weighted by atomic mass is 10.1. The highest BCUT2D eigenvalue weighted by molar-refractivity contribution is 5.94. The molecule has 0 aliphatic carbocycles. The van der Waals surface area contributed by atoms with Crippen molar-refractivity contribution in [3.63, 3.8) is 0 Å². The largest absolute Gasteiger partial charge is 0.481 e. The molecule has 28 heavy (non-hydrogen) atoms. The molecule has 1 aliphatic heterocycles. The van der Waals surface area contributed by atoms with Gasteiger partial charge in [-0.3, -0.25) is 14.6 Å². The van der Waals surface area contributed by atoms with E-state index in [-0.39, 0.29) is 12.3 Å². The van der Waals surface area contributed by atoms with Crippen LogP contribution in [0.15, 0.2) is 59.7 Å². The number of hydrazone groups is 1. The zero-order chi connectivity index (χ0) is 19.9. The molecule has 1 N–H and O–H groups in total. The van der Waals surface area contributed by atoms with Crippen molar-refractivity contribution in [1.82, 2.24) is 4.90 Å². The number of anilines is 1. The van der Waals surface area contributed by atoms with E-state index in [1.165, 1.54) is 0 Å². The highest BCUT2D eigenvalue weighted by Gasteiger charge is 2.18. The summed E-state index contributed by atoms with van der Waals surface area (Å²) in [6.07, 6.45) is 1.42. The summed E-state index contributed by atoms with van der Waals surface area (Å²) < 4.78 is 0. The third-order valence-electron chi connectivity index (χ3n) is 4.71. The summed E-state index contributed by atoms with van der Waals surface area (Å²) in [7, 11) is 0. The van der Waals surface area contributed by atoms with Gasteiger partial charge in [0.05, 0.1) is 5.69 Å². The maximum Gasteiger partial charge on any atom is 0.303 e. The predicted octanol–water partition coefficient (Wildman–Crippen LogP) is 3.78. The first kappa shape index (κ1) is 19.6. The van der Waals surface area contributed by atoms with E-state index < -0.39 is 5.97 Å². The Bertz CT molecular complexity index is 847. The van der Waals surface area contributed by atoms with Crippen molar-refractivity contribution >= 4 is 23.3 Å². The van der Waals surface area contributed by atoms with Crippen LogP contribution in [0.2, 0.25) is 0 Å². The molecule has 6 heteroatoms. The van der Waals surface area contributed by atoms with Crippen LogP contribution in [0.1, 0.15) is 42.1 Å². The minimum atomic E-state index is -0.849.